The first-order valence-electron chi connectivity index (χ1n) is 7.52. The van der Waals surface area contributed by atoms with Gasteiger partial charge in [0.1, 0.15) is 5.75 Å². The zero-order chi connectivity index (χ0) is 15.3. The third-order valence-corrected chi connectivity index (χ3v) is 4.65. The number of rotatable bonds is 1. The average Bonchev–Trinajstić information content (AvgIpc) is 2.90. The molecule has 0 fully saturated rings. The molecule has 3 heterocycles. The predicted octanol–water partition coefficient (Wildman–Crippen LogP) is 2.88. The molecule has 0 saturated heterocycles. The van der Waals surface area contributed by atoms with Crippen LogP contribution in [-0.2, 0) is 6.42 Å². The summed E-state index contributed by atoms with van der Waals surface area (Å²) in [5, 5.41) is 19.7. The van der Waals surface area contributed by atoms with Gasteiger partial charge in [-0.3, -0.25) is 4.90 Å². The smallest absolute Gasteiger partial charge is 0.160 e. The minimum absolute atomic E-state index is 0.228. The van der Waals surface area contributed by atoms with Gasteiger partial charge in [0.25, 0.3) is 0 Å². The van der Waals surface area contributed by atoms with E-state index in [0.29, 0.717) is 17.3 Å². The molecule has 1 aromatic carbocycles. The Morgan fingerprint density at radius 1 is 1.27 bits per heavy atom. The number of phenolic OH excluding ortho intramolecular Hbond substituents is 1. The van der Waals surface area contributed by atoms with Crippen molar-refractivity contribution >= 4 is 11.0 Å². The Labute approximate surface area is 128 Å². The highest BCUT2D eigenvalue weighted by Crippen LogP contribution is 2.36. The van der Waals surface area contributed by atoms with Crippen LogP contribution in [0.5, 0.6) is 5.75 Å². The van der Waals surface area contributed by atoms with E-state index >= 15 is 0 Å². The van der Waals surface area contributed by atoms with Crippen LogP contribution in [0.3, 0.4) is 0 Å². The first kappa shape index (κ1) is 13.3. The van der Waals surface area contributed by atoms with Gasteiger partial charge in [-0.15, -0.1) is 10.2 Å². The number of H-pyrrole nitrogens is 1. The molecule has 2 aromatic heterocycles. The number of fused-ring (bicyclic) bond motifs is 3. The molecule has 2 N–H and O–H groups in total. The minimum Gasteiger partial charge on any atom is -0.507 e. The normalized spacial score (nSPS) is 18.5. The standard InChI is InChI=1S/C17H18N4O/c1-10-16-12-9-14(11-5-3-4-6-15(11)22)19-20-17(12)18-13(16)7-8-21(10)2/h3-6,9-10,22H,7-8H2,1-2H3,(H,18,20). The molecule has 0 radical (unpaired) electrons. The van der Waals surface area contributed by atoms with Crippen LogP contribution < -0.4 is 0 Å². The monoisotopic (exact) mass is 294 g/mol. The van der Waals surface area contributed by atoms with Crippen molar-refractivity contribution < 1.29 is 5.11 Å². The molecule has 0 aliphatic carbocycles. The van der Waals surface area contributed by atoms with E-state index in [1.807, 2.05) is 18.2 Å². The van der Waals surface area contributed by atoms with Crippen LogP contribution in [0.2, 0.25) is 0 Å². The molecule has 22 heavy (non-hydrogen) atoms. The fourth-order valence-corrected chi connectivity index (χ4v) is 3.26. The maximum atomic E-state index is 10.0. The fourth-order valence-electron chi connectivity index (χ4n) is 3.26. The maximum Gasteiger partial charge on any atom is 0.160 e. The highest BCUT2D eigenvalue weighted by molar-refractivity contribution is 5.85. The minimum atomic E-state index is 0.228. The van der Waals surface area contributed by atoms with E-state index in [-0.39, 0.29) is 5.75 Å². The Morgan fingerprint density at radius 2 is 2.09 bits per heavy atom. The lowest BCUT2D eigenvalue weighted by molar-refractivity contribution is 0.248. The van der Waals surface area contributed by atoms with Gasteiger partial charge in [-0.05, 0) is 37.7 Å². The Bertz CT molecular complexity index is 855. The molecule has 0 bridgehead atoms. The van der Waals surface area contributed by atoms with E-state index in [9.17, 15) is 5.11 Å². The Hall–Kier alpha value is -2.40. The lowest BCUT2D eigenvalue weighted by Crippen LogP contribution is -2.29. The van der Waals surface area contributed by atoms with Crippen molar-refractivity contribution in [3.63, 3.8) is 0 Å². The predicted molar refractivity (Wildman–Crippen MR) is 85.7 cm³/mol. The molecule has 1 aliphatic rings. The van der Waals surface area contributed by atoms with Crippen molar-refractivity contribution in [2.24, 2.45) is 0 Å². The van der Waals surface area contributed by atoms with Gasteiger partial charge in [0, 0.05) is 35.7 Å². The fraction of sp³-hybridized carbons (Fsp3) is 0.294. The van der Waals surface area contributed by atoms with E-state index in [1.54, 1.807) is 12.1 Å². The highest BCUT2D eigenvalue weighted by atomic mass is 16.3. The maximum absolute atomic E-state index is 10.0. The summed E-state index contributed by atoms with van der Waals surface area (Å²) in [6.07, 6.45) is 0.998. The first-order chi connectivity index (χ1) is 10.6. The van der Waals surface area contributed by atoms with E-state index < -0.39 is 0 Å². The summed E-state index contributed by atoms with van der Waals surface area (Å²) in [5.74, 6) is 0.228. The largest absolute Gasteiger partial charge is 0.507 e. The van der Waals surface area contributed by atoms with Gasteiger partial charge < -0.3 is 10.1 Å². The summed E-state index contributed by atoms with van der Waals surface area (Å²) in [7, 11) is 2.14. The van der Waals surface area contributed by atoms with Gasteiger partial charge in [-0.1, -0.05) is 12.1 Å². The third kappa shape index (κ3) is 1.89. The van der Waals surface area contributed by atoms with Gasteiger partial charge >= 0.3 is 0 Å². The lowest BCUT2D eigenvalue weighted by Gasteiger charge is -2.30. The van der Waals surface area contributed by atoms with Gasteiger partial charge in [0.05, 0.1) is 5.69 Å². The van der Waals surface area contributed by atoms with Crippen LogP contribution in [0.4, 0.5) is 0 Å². The molecule has 3 aromatic rings. The van der Waals surface area contributed by atoms with Gasteiger partial charge in [-0.25, -0.2) is 0 Å². The molecule has 5 nitrogen and oxygen atoms in total. The van der Waals surface area contributed by atoms with Crippen LogP contribution in [0.15, 0.2) is 30.3 Å². The summed E-state index contributed by atoms with van der Waals surface area (Å²) < 4.78 is 0. The zero-order valence-corrected chi connectivity index (χ0v) is 12.7. The molecular weight excluding hydrogens is 276 g/mol. The van der Waals surface area contributed by atoms with Crippen LogP contribution in [0, 0.1) is 0 Å². The molecule has 1 aliphatic heterocycles. The van der Waals surface area contributed by atoms with Crippen molar-refractivity contribution in [3.05, 3.63) is 41.6 Å². The number of hydrogen-bond donors (Lipinski definition) is 2. The number of phenols is 1. The quantitative estimate of drug-likeness (QED) is 0.724. The molecule has 4 rings (SSSR count). The summed E-state index contributed by atoms with van der Waals surface area (Å²) in [4.78, 5) is 5.74. The van der Waals surface area contributed by atoms with E-state index in [4.69, 9.17) is 0 Å². The van der Waals surface area contributed by atoms with Crippen LogP contribution in [0.25, 0.3) is 22.3 Å². The van der Waals surface area contributed by atoms with Crippen molar-refractivity contribution in [1.29, 1.82) is 0 Å². The number of para-hydroxylation sites is 1. The molecule has 0 spiro atoms. The summed E-state index contributed by atoms with van der Waals surface area (Å²) in [6, 6.07) is 9.61. The second kappa shape index (κ2) is 4.81. The Morgan fingerprint density at radius 3 is 2.91 bits per heavy atom. The Balaban J connectivity index is 1.93. The summed E-state index contributed by atoms with van der Waals surface area (Å²) in [6.45, 7) is 3.26. The third-order valence-electron chi connectivity index (χ3n) is 4.65. The molecule has 5 heteroatoms. The van der Waals surface area contributed by atoms with E-state index in [1.165, 1.54) is 11.3 Å². The van der Waals surface area contributed by atoms with Gasteiger partial charge in [0.15, 0.2) is 5.65 Å². The molecule has 112 valence electrons. The second-order valence-electron chi connectivity index (χ2n) is 5.93. The van der Waals surface area contributed by atoms with Gasteiger partial charge in [0.2, 0.25) is 0 Å². The molecular formula is C17H18N4O. The van der Waals surface area contributed by atoms with Crippen molar-refractivity contribution in [2.75, 3.05) is 13.6 Å². The number of benzene rings is 1. The number of aromatic amines is 1. The lowest BCUT2D eigenvalue weighted by atomic mass is 9.97. The zero-order valence-electron chi connectivity index (χ0n) is 12.7. The number of aromatic hydroxyl groups is 1. The first-order valence-corrected chi connectivity index (χ1v) is 7.52. The topological polar surface area (TPSA) is 65.0 Å². The van der Waals surface area contributed by atoms with E-state index in [0.717, 1.165) is 24.0 Å². The number of nitrogens with one attached hydrogen (secondary N) is 1. The van der Waals surface area contributed by atoms with Gasteiger partial charge in [-0.2, -0.15) is 0 Å². The van der Waals surface area contributed by atoms with Crippen molar-refractivity contribution in [2.45, 2.75) is 19.4 Å². The van der Waals surface area contributed by atoms with Crippen molar-refractivity contribution in [1.82, 2.24) is 20.1 Å². The Kier molecular flexibility index (Phi) is 2.90. The number of hydrogen-bond acceptors (Lipinski definition) is 4. The van der Waals surface area contributed by atoms with E-state index in [2.05, 4.69) is 34.1 Å². The molecule has 0 saturated carbocycles. The van der Waals surface area contributed by atoms with Crippen molar-refractivity contribution in [3.8, 4) is 17.0 Å². The molecule has 1 atom stereocenters. The van der Waals surface area contributed by atoms with Crippen LogP contribution in [-0.4, -0.2) is 38.8 Å². The summed E-state index contributed by atoms with van der Waals surface area (Å²) >= 11 is 0. The number of likely N-dealkylation sites (N-methyl/N-ethyl adjacent to an activating group) is 1. The van der Waals surface area contributed by atoms with Crippen LogP contribution >= 0.6 is 0 Å². The average molecular weight is 294 g/mol. The second-order valence-corrected chi connectivity index (χ2v) is 5.93. The summed E-state index contributed by atoms with van der Waals surface area (Å²) in [5.41, 5.74) is 4.79. The SMILES string of the molecule is CC1c2c([nH]c3nnc(-c4ccccc4O)cc23)CCN1C. The molecule has 1 unspecified atom stereocenters. The highest BCUT2D eigenvalue weighted by Gasteiger charge is 2.26. The van der Waals surface area contributed by atoms with Crippen LogP contribution in [0.1, 0.15) is 24.2 Å². The number of aromatic nitrogens is 3. The molecule has 0 amide bonds. The number of nitrogens with zero attached hydrogens (tertiary/aromatic N) is 3.